The van der Waals surface area contributed by atoms with Gasteiger partial charge in [0.2, 0.25) is 0 Å². The lowest BCUT2D eigenvalue weighted by Gasteiger charge is -2.48. The average Bonchev–Trinajstić information content (AvgIpc) is 0.695. The summed E-state index contributed by atoms with van der Waals surface area (Å²) in [6, 6.07) is 89.5. The van der Waals surface area contributed by atoms with E-state index in [1.165, 1.54) is 139 Å². The van der Waals surface area contributed by atoms with Crippen LogP contribution in [0.2, 0.25) is 0 Å². The number of hydrogen-bond donors (Lipinski definition) is 0. The van der Waals surface area contributed by atoms with E-state index in [2.05, 4.69) is 345 Å². The van der Waals surface area contributed by atoms with E-state index in [1.807, 2.05) is 0 Å². The molecule has 3 atom stereocenters. The average molecular weight is 1170 g/mol. The van der Waals surface area contributed by atoms with Gasteiger partial charge in [-0.2, -0.15) is 0 Å². The number of anilines is 6. The minimum atomic E-state index is -0.247. The van der Waals surface area contributed by atoms with Crippen LogP contribution in [-0.4, -0.2) is 6.71 Å². The number of para-hydroxylation sites is 2. The molecule has 0 bridgehead atoms. The van der Waals surface area contributed by atoms with E-state index in [0.717, 1.165) is 17.8 Å². The molecule has 0 aromatic heterocycles. The molecule has 16 rings (SSSR count). The van der Waals surface area contributed by atoms with Gasteiger partial charge in [-0.25, -0.2) is 0 Å². The van der Waals surface area contributed by atoms with Crippen LogP contribution in [0.15, 0.2) is 301 Å². The zero-order valence-electron chi connectivity index (χ0n) is 53.9. The lowest BCUT2D eigenvalue weighted by molar-refractivity contribution is 0.328. The van der Waals surface area contributed by atoms with Crippen LogP contribution in [0.5, 0.6) is 0 Å². The molecule has 91 heavy (non-hydrogen) atoms. The number of benzene rings is 10. The molecule has 0 saturated carbocycles. The molecule has 0 amide bonds. The van der Waals surface area contributed by atoms with Crippen molar-refractivity contribution in [2.24, 2.45) is 28.6 Å². The molecule has 6 aliphatic rings. The number of rotatable bonds is 8. The van der Waals surface area contributed by atoms with Gasteiger partial charge in [0.25, 0.3) is 6.71 Å². The van der Waals surface area contributed by atoms with E-state index in [-0.39, 0.29) is 28.9 Å². The van der Waals surface area contributed by atoms with Gasteiger partial charge >= 0.3 is 0 Å². The zero-order valence-corrected chi connectivity index (χ0v) is 53.9. The van der Waals surface area contributed by atoms with Gasteiger partial charge in [0.05, 0.1) is 11.4 Å². The first-order valence-electron chi connectivity index (χ1n) is 32.9. The lowest BCUT2D eigenvalue weighted by atomic mass is 9.33. The fourth-order valence-electron chi connectivity index (χ4n) is 15.9. The summed E-state index contributed by atoms with van der Waals surface area (Å²) in [4.78, 5) is 5.40. The molecule has 2 aliphatic heterocycles. The second-order valence-electron chi connectivity index (χ2n) is 29.2. The van der Waals surface area contributed by atoms with Gasteiger partial charge in [-0.1, -0.05) is 317 Å². The minimum absolute atomic E-state index is 0.0464. The van der Waals surface area contributed by atoms with Crippen molar-refractivity contribution < 1.29 is 0 Å². The first kappa shape index (κ1) is 56.5. The Bertz CT molecular complexity index is 4630. The summed E-state index contributed by atoms with van der Waals surface area (Å²) in [5, 5.41) is 0. The predicted molar refractivity (Wildman–Crippen MR) is 389 cm³/mol. The van der Waals surface area contributed by atoms with Crippen molar-refractivity contribution in [1.29, 1.82) is 0 Å². The zero-order chi connectivity index (χ0) is 62.1. The first-order valence-corrected chi connectivity index (χ1v) is 32.9. The summed E-state index contributed by atoms with van der Waals surface area (Å²) in [5.41, 5.74) is 33.7. The Morgan fingerprint density at radius 2 is 0.824 bits per heavy atom. The monoisotopic (exact) mass is 1170 g/mol. The maximum Gasteiger partial charge on any atom is 0.252 e. The van der Waals surface area contributed by atoms with Crippen molar-refractivity contribution in [2.45, 2.75) is 74.1 Å². The molecule has 3 heteroatoms. The van der Waals surface area contributed by atoms with Crippen molar-refractivity contribution in [2.75, 3.05) is 9.80 Å². The second kappa shape index (κ2) is 21.5. The summed E-state index contributed by atoms with van der Waals surface area (Å²) < 4.78 is 0. The summed E-state index contributed by atoms with van der Waals surface area (Å²) >= 11 is 0. The van der Waals surface area contributed by atoms with Gasteiger partial charge in [0.1, 0.15) is 0 Å². The topological polar surface area (TPSA) is 6.48 Å². The van der Waals surface area contributed by atoms with Gasteiger partial charge in [-0.05, 0) is 142 Å². The van der Waals surface area contributed by atoms with E-state index in [9.17, 15) is 0 Å². The maximum atomic E-state index is 2.71. The molecule has 0 radical (unpaired) electrons. The number of nitrogens with zero attached hydrogens (tertiary/aromatic N) is 2. The first-order chi connectivity index (χ1) is 44.0. The Kier molecular flexibility index (Phi) is 13.4. The Morgan fingerprint density at radius 1 is 0.374 bits per heavy atom. The van der Waals surface area contributed by atoms with E-state index in [0.29, 0.717) is 11.8 Å². The fraction of sp³-hybridized carbons (Fsp3) is 0.182. The maximum absolute atomic E-state index is 2.71. The molecule has 0 fully saturated rings. The third kappa shape index (κ3) is 9.53. The quantitative estimate of drug-likeness (QED) is 0.140. The van der Waals surface area contributed by atoms with E-state index >= 15 is 0 Å². The Hall–Kier alpha value is -9.70. The SMILES string of the molecule is CC(C)(C)C1=CC2=C(c3ccc4c(c3)B3c5cc(-c6ccccc6)ccc5N(c5c(-c6ccccc6)cccc5-c5ccccc5)c5cc(C(C)(C)C)cc(c53)N4c3c(-c4ccccc4)cccc3-c3ccccc3)C=C3C=C(C(C)(C)C)CC4C=CC(=C1)C2C34. The summed E-state index contributed by atoms with van der Waals surface area (Å²) in [6.45, 7) is 21.3. The molecule has 2 nitrogen and oxygen atoms in total. The fourth-order valence-corrected chi connectivity index (χ4v) is 15.9. The standard InChI is InChI=1S/C88H77BN2/c1-86(2,3)66-47-63-41-42-64-48-67(87(4,5)6)53-74-73(50-65(49-66)81(63)82(64)74)62-44-46-78-76(52-62)89-75-51-61(56-27-15-10-16-28-56)43-45-77(75)90(84-69(57-29-17-11-18-30-57)37-25-38-70(84)58-31-19-12-20-32-58)79-54-68(88(7,8)9)55-80(83(79)89)91(78)85-71(59-33-21-13-22-34-59)39-26-40-72(85)60-35-23-14-24-36-60/h10-46,48-55,63,81-82H,47H2,1-9H3. The van der Waals surface area contributed by atoms with Gasteiger partial charge in [0.15, 0.2) is 0 Å². The molecule has 3 unspecified atom stereocenters. The highest BCUT2D eigenvalue weighted by Gasteiger charge is 2.48. The molecule has 0 spiro atoms. The Balaban J connectivity index is 1.07. The highest BCUT2D eigenvalue weighted by molar-refractivity contribution is 7.00. The Morgan fingerprint density at radius 3 is 1.27 bits per heavy atom. The molecule has 10 aromatic rings. The summed E-state index contributed by atoms with van der Waals surface area (Å²) in [6.07, 6.45) is 16.6. The van der Waals surface area contributed by atoms with Crippen molar-refractivity contribution in [3.8, 4) is 55.6 Å². The number of hydrogen-bond acceptors (Lipinski definition) is 2. The van der Waals surface area contributed by atoms with Crippen molar-refractivity contribution in [3.05, 3.63) is 312 Å². The van der Waals surface area contributed by atoms with Crippen LogP contribution in [-0.2, 0) is 5.41 Å². The normalized spacial score (nSPS) is 17.9. The highest BCUT2D eigenvalue weighted by Crippen LogP contribution is 2.59. The van der Waals surface area contributed by atoms with Crippen LogP contribution in [0.25, 0.3) is 61.2 Å². The number of fused-ring (bicyclic) bond motifs is 4. The van der Waals surface area contributed by atoms with E-state index in [4.69, 9.17) is 0 Å². The summed E-state index contributed by atoms with van der Waals surface area (Å²) in [5.74, 6) is 1.09. The van der Waals surface area contributed by atoms with Gasteiger partial charge in [-0.3, -0.25) is 0 Å². The molecule has 10 aromatic carbocycles. The van der Waals surface area contributed by atoms with Crippen molar-refractivity contribution in [1.82, 2.24) is 0 Å². The van der Waals surface area contributed by atoms with Crippen molar-refractivity contribution in [3.63, 3.8) is 0 Å². The highest BCUT2D eigenvalue weighted by atomic mass is 15.2. The second-order valence-corrected chi connectivity index (χ2v) is 29.2. The van der Waals surface area contributed by atoms with Crippen LogP contribution in [0.3, 0.4) is 0 Å². The smallest absolute Gasteiger partial charge is 0.252 e. The molecule has 4 aliphatic carbocycles. The van der Waals surface area contributed by atoms with E-state index < -0.39 is 0 Å². The third-order valence-electron chi connectivity index (χ3n) is 20.5. The molecule has 2 heterocycles. The predicted octanol–water partition coefficient (Wildman–Crippen LogP) is 21.8. The van der Waals surface area contributed by atoms with Gasteiger partial charge in [-0.15, -0.1) is 0 Å². The Labute approximate surface area is 539 Å². The summed E-state index contributed by atoms with van der Waals surface area (Å²) in [7, 11) is 0. The van der Waals surface area contributed by atoms with Crippen LogP contribution >= 0.6 is 0 Å². The molecular formula is C88H77BN2. The van der Waals surface area contributed by atoms with Crippen LogP contribution in [0, 0.1) is 28.6 Å². The largest absolute Gasteiger partial charge is 0.310 e. The van der Waals surface area contributed by atoms with Gasteiger partial charge < -0.3 is 9.80 Å². The van der Waals surface area contributed by atoms with Crippen LogP contribution in [0.4, 0.5) is 34.1 Å². The van der Waals surface area contributed by atoms with Crippen molar-refractivity contribution >= 4 is 62.8 Å². The van der Waals surface area contributed by atoms with Crippen LogP contribution in [0.1, 0.15) is 79.9 Å². The molecular weight excluding hydrogens is 1100 g/mol. The van der Waals surface area contributed by atoms with E-state index in [1.54, 1.807) is 0 Å². The molecule has 0 saturated heterocycles. The minimum Gasteiger partial charge on any atom is -0.310 e. The molecule has 0 N–H and O–H groups in total. The number of allylic oxidation sites excluding steroid dienone is 12. The third-order valence-corrected chi connectivity index (χ3v) is 20.5. The van der Waals surface area contributed by atoms with Crippen LogP contribution < -0.4 is 26.2 Å². The molecule has 442 valence electrons. The lowest BCUT2D eigenvalue weighted by Crippen LogP contribution is -2.61. The van der Waals surface area contributed by atoms with Gasteiger partial charge in [0, 0.05) is 56.8 Å².